The fourth-order valence-electron chi connectivity index (χ4n) is 1.50. The second-order valence-corrected chi connectivity index (χ2v) is 3.09. The SMILES string of the molecule is NC1CNCC12COC2. The van der Waals surface area contributed by atoms with Gasteiger partial charge < -0.3 is 15.8 Å². The smallest absolute Gasteiger partial charge is 0.0572 e. The Bertz CT molecular complexity index is 122. The maximum Gasteiger partial charge on any atom is 0.0572 e. The predicted molar refractivity (Wildman–Crippen MR) is 34.1 cm³/mol. The largest absolute Gasteiger partial charge is 0.380 e. The van der Waals surface area contributed by atoms with Gasteiger partial charge in [0.25, 0.3) is 0 Å². The summed E-state index contributed by atoms with van der Waals surface area (Å²) in [5.74, 6) is 0. The molecule has 0 aliphatic carbocycles. The molecular formula is C6H12N2O. The average Bonchev–Trinajstić information content (AvgIpc) is 2.07. The number of ether oxygens (including phenoxy) is 1. The van der Waals surface area contributed by atoms with Crippen molar-refractivity contribution < 1.29 is 4.74 Å². The van der Waals surface area contributed by atoms with E-state index in [0.29, 0.717) is 11.5 Å². The van der Waals surface area contributed by atoms with Crippen LogP contribution in [0.3, 0.4) is 0 Å². The Morgan fingerprint density at radius 3 is 2.56 bits per heavy atom. The Morgan fingerprint density at radius 1 is 1.56 bits per heavy atom. The van der Waals surface area contributed by atoms with Gasteiger partial charge in [0.15, 0.2) is 0 Å². The van der Waals surface area contributed by atoms with Crippen molar-refractivity contribution in [2.45, 2.75) is 6.04 Å². The molecule has 3 N–H and O–H groups in total. The van der Waals surface area contributed by atoms with Crippen LogP contribution in [0.5, 0.6) is 0 Å². The van der Waals surface area contributed by atoms with Gasteiger partial charge in [-0.2, -0.15) is 0 Å². The van der Waals surface area contributed by atoms with Crippen LogP contribution in [0.4, 0.5) is 0 Å². The van der Waals surface area contributed by atoms with Crippen molar-refractivity contribution in [2.75, 3.05) is 26.3 Å². The van der Waals surface area contributed by atoms with Gasteiger partial charge in [0.05, 0.1) is 13.2 Å². The van der Waals surface area contributed by atoms with Crippen LogP contribution >= 0.6 is 0 Å². The number of nitrogens with two attached hydrogens (primary N) is 1. The van der Waals surface area contributed by atoms with E-state index in [1.165, 1.54) is 0 Å². The van der Waals surface area contributed by atoms with Gasteiger partial charge in [-0.25, -0.2) is 0 Å². The van der Waals surface area contributed by atoms with Crippen molar-refractivity contribution in [1.29, 1.82) is 0 Å². The van der Waals surface area contributed by atoms with Crippen molar-refractivity contribution in [2.24, 2.45) is 11.1 Å². The van der Waals surface area contributed by atoms with E-state index in [-0.39, 0.29) is 0 Å². The summed E-state index contributed by atoms with van der Waals surface area (Å²) in [7, 11) is 0. The number of nitrogens with one attached hydrogen (secondary N) is 1. The van der Waals surface area contributed by atoms with Crippen LogP contribution in [-0.2, 0) is 4.74 Å². The molecule has 0 radical (unpaired) electrons. The minimum absolute atomic E-state index is 0.319. The summed E-state index contributed by atoms with van der Waals surface area (Å²) in [6.45, 7) is 3.74. The lowest BCUT2D eigenvalue weighted by molar-refractivity contribution is -0.107. The maximum atomic E-state index is 5.83. The van der Waals surface area contributed by atoms with Crippen LogP contribution in [0.25, 0.3) is 0 Å². The van der Waals surface area contributed by atoms with E-state index in [1.807, 2.05) is 0 Å². The van der Waals surface area contributed by atoms with Crippen LogP contribution in [0.1, 0.15) is 0 Å². The van der Waals surface area contributed by atoms with Gasteiger partial charge >= 0.3 is 0 Å². The van der Waals surface area contributed by atoms with E-state index in [0.717, 1.165) is 26.3 Å². The Balaban J connectivity index is 2.09. The lowest BCUT2D eigenvalue weighted by atomic mass is 9.82. The lowest BCUT2D eigenvalue weighted by Crippen LogP contribution is -2.54. The minimum Gasteiger partial charge on any atom is -0.380 e. The van der Waals surface area contributed by atoms with Gasteiger partial charge in [0, 0.05) is 24.5 Å². The molecule has 2 heterocycles. The summed E-state index contributed by atoms with van der Waals surface area (Å²) in [5, 5.41) is 3.26. The molecule has 0 aromatic rings. The highest BCUT2D eigenvalue weighted by atomic mass is 16.5. The summed E-state index contributed by atoms with van der Waals surface area (Å²) >= 11 is 0. The Morgan fingerprint density at radius 2 is 2.33 bits per heavy atom. The Kier molecular flexibility index (Phi) is 1.06. The molecule has 0 bridgehead atoms. The molecular weight excluding hydrogens is 116 g/mol. The molecule has 2 fully saturated rings. The van der Waals surface area contributed by atoms with Crippen molar-refractivity contribution in [3.63, 3.8) is 0 Å². The zero-order valence-electron chi connectivity index (χ0n) is 5.39. The van der Waals surface area contributed by atoms with Gasteiger partial charge in [-0.1, -0.05) is 0 Å². The quantitative estimate of drug-likeness (QED) is 0.437. The number of hydrogen-bond acceptors (Lipinski definition) is 3. The molecule has 3 nitrogen and oxygen atoms in total. The zero-order chi connectivity index (χ0) is 6.32. The molecule has 1 spiro atoms. The summed E-state index contributed by atoms with van der Waals surface area (Å²) in [4.78, 5) is 0. The molecule has 3 heteroatoms. The predicted octanol–water partition coefficient (Wildman–Crippen LogP) is -1.07. The molecule has 2 saturated heterocycles. The molecule has 2 aliphatic rings. The second kappa shape index (κ2) is 1.68. The summed E-state index contributed by atoms with van der Waals surface area (Å²) in [6.07, 6.45) is 0. The van der Waals surface area contributed by atoms with Crippen molar-refractivity contribution in [1.82, 2.24) is 5.32 Å². The Labute approximate surface area is 54.6 Å². The van der Waals surface area contributed by atoms with E-state index in [9.17, 15) is 0 Å². The first kappa shape index (κ1) is 5.65. The summed E-state index contributed by atoms with van der Waals surface area (Å²) in [6, 6.07) is 0.325. The molecule has 2 aliphatic heterocycles. The average molecular weight is 128 g/mol. The standard InChI is InChI=1S/C6H12N2O/c7-5-1-8-2-6(5)3-9-4-6/h5,8H,1-4,7H2. The van der Waals surface area contributed by atoms with Gasteiger partial charge in [-0.3, -0.25) is 0 Å². The molecule has 1 unspecified atom stereocenters. The van der Waals surface area contributed by atoms with Crippen LogP contribution in [0.15, 0.2) is 0 Å². The van der Waals surface area contributed by atoms with Crippen molar-refractivity contribution >= 4 is 0 Å². The molecule has 0 amide bonds. The van der Waals surface area contributed by atoms with Crippen LogP contribution in [-0.4, -0.2) is 32.3 Å². The second-order valence-electron chi connectivity index (χ2n) is 3.09. The third-order valence-corrected chi connectivity index (χ3v) is 2.41. The van der Waals surface area contributed by atoms with Crippen LogP contribution in [0.2, 0.25) is 0 Å². The Hall–Kier alpha value is -0.120. The highest BCUT2D eigenvalue weighted by Gasteiger charge is 2.46. The van der Waals surface area contributed by atoms with Gasteiger partial charge in [0.2, 0.25) is 0 Å². The van der Waals surface area contributed by atoms with Crippen molar-refractivity contribution in [3.8, 4) is 0 Å². The van der Waals surface area contributed by atoms with E-state index < -0.39 is 0 Å². The fraction of sp³-hybridized carbons (Fsp3) is 1.00. The summed E-state index contributed by atoms with van der Waals surface area (Å²) in [5.41, 5.74) is 6.15. The van der Waals surface area contributed by atoms with Crippen molar-refractivity contribution in [3.05, 3.63) is 0 Å². The molecule has 2 rings (SSSR count). The maximum absolute atomic E-state index is 5.83. The van der Waals surface area contributed by atoms with Gasteiger partial charge in [-0.15, -0.1) is 0 Å². The first-order valence-electron chi connectivity index (χ1n) is 3.38. The first-order chi connectivity index (χ1) is 4.33. The normalized spacial score (nSPS) is 39.0. The van der Waals surface area contributed by atoms with E-state index >= 15 is 0 Å². The van der Waals surface area contributed by atoms with E-state index in [2.05, 4.69) is 5.32 Å². The fourth-order valence-corrected chi connectivity index (χ4v) is 1.50. The number of hydrogen-bond donors (Lipinski definition) is 2. The van der Waals surface area contributed by atoms with Crippen LogP contribution in [0, 0.1) is 5.41 Å². The van der Waals surface area contributed by atoms with Gasteiger partial charge in [0.1, 0.15) is 0 Å². The zero-order valence-corrected chi connectivity index (χ0v) is 5.39. The monoisotopic (exact) mass is 128 g/mol. The highest BCUT2D eigenvalue weighted by Crippen LogP contribution is 2.32. The first-order valence-corrected chi connectivity index (χ1v) is 3.38. The summed E-state index contributed by atoms with van der Waals surface area (Å²) < 4.78 is 5.11. The topological polar surface area (TPSA) is 47.3 Å². The molecule has 0 aromatic carbocycles. The molecule has 0 aromatic heterocycles. The highest BCUT2D eigenvalue weighted by molar-refractivity contribution is 5.01. The van der Waals surface area contributed by atoms with E-state index in [1.54, 1.807) is 0 Å². The lowest BCUT2D eigenvalue weighted by Gasteiger charge is -2.40. The molecule has 0 saturated carbocycles. The third kappa shape index (κ3) is 0.625. The molecule has 1 atom stereocenters. The molecule has 9 heavy (non-hydrogen) atoms. The van der Waals surface area contributed by atoms with E-state index in [4.69, 9.17) is 10.5 Å². The number of rotatable bonds is 0. The third-order valence-electron chi connectivity index (χ3n) is 2.41. The van der Waals surface area contributed by atoms with Crippen LogP contribution < -0.4 is 11.1 Å². The van der Waals surface area contributed by atoms with Gasteiger partial charge in [-0.05, 0) is 0 Å². The minimum atomic E-state index is 0.319. The molecule has 52 valence electrons.